The van der Waals surface area contributed by atoms with Gasteiger partial charge < -0.3 is 0 Å². The van der Waals surface area contributed by atoms with E-state index >= 15 is 0 Å². The van der Waals surface area contributed by atoms with Gasteiger partial charge in [0.15, 0.2) is 0 Å². The summed E-state index contributed by atoms with van der Waals surface area (Å²) in [5.41, 5.74) is 0.240. The van der Waals surface area contributed by atoms with E-state index in [1.807, 2.05) is 0 Å². The van der Waals surface area contributed by atoms with Crippen LogP contribution >= 0.6 is 11.3 Å². The molecule has 2 nitrogen and oxygen atoms in total. The van der Waals surface area contributed by atoms with Gasteiger partial charge >= 0.3 is 6.18 Å². The van der Waals surface area contributed by atoms with Gasteiger partial charge in [-0.3, -0.25) is 4.79 Å². The minimum atomic E-state index is -4.75. The van der Waals surface area contributed by atoms with Gasteiger partial charge in [-0.15, -0.1) is 11.3 Å². The van der Waals surface area contributed by atoms with Crippen LogP contribution in [0, 0.1) is 0 Å². The Morgan fingerprint density at radius 2 is 2.20 bits per heavy atom. The Morgan fingerprint density at radius 1 is 1.53 bits per heavy atom. The lowest BCUT2D eigenvalue weighted by molar-refractivity contribution is -0.170. The lowest BCUT2D eigenvalue weighted by Gasteiger charge is -2.02. The fourth-order valence-corrected chi connectivity index (χ4v) is 2.18. The first-order chi connectivity index (χ1) is 6.97. The van der Waals surface area contributed by atoms with Crippen LogP contribution in [0.25, 0.3) is 0 Å². The number of aromatic nitrogens is 1. The largest absolute Gasteiger partial charge is 0.450 e. The Bertz CT molecular complexity index is 381. The number of thiazole rings is 1. The second-order valence-electron chi connectivity index (χ2n) is 3.55. The average Bonchev–Trinajstić information content (AvgIpc) is 2.87. The monoisotopic (exact) mass is 235 g/mol. The molecule has 0 spiro atoms. The number of ketones is 1. The van der Waals surface area contributed by atoms with Gasteiger partial charge in [0.1, 0.15) is 0 Å². The van der Waals surface area contributed by atoms with Crippen LogP contribution in [0.1, 0.15) is 29.5 Å². The van der Waals surface area contributed by atoms with E-state index in [9.17, 15) is 18.0 Å². The van der Waals surface area contributed by atoms with Crippen molar-refractivity contribution < 1.29 is 18.0 Å². The summed E-state index contributed by atoms with van der Waals surface area (Å²) in [7, 11) is 0. The Hall–Kier alpha value is -0.910. The average molecular weight is 235 g/mol. The fourth-order valence-electron chi connectivity index (χ4n) is 1.19. The molecule has 1 saturated carbocycles. The molecule has 1 aromatic heterocycles. The van der Waals surface area contributed by atoms with Crippen LogP contribution in [0.15, 0.2) is 5.38 Å². The molecule has 82 valence electrons. The van der Waals surface area contributed by atoms with Crippen LogP contribution in [0.4, 0.5) is 13.2 Å². The molecule has 0 bridgehead atoms. The van der Waals surface area contributed by atoms with Crippen molar-refractivity contribution in [2.45, 2.75) is 31.4 Å². The normalized spacial score (nSPS) is 16.7. The summed E-state index contributed by atoms with van der Waals surface area (Å²) in [6.45, 7) is 0. The van der Waals surface area contributed by atoms with E-state index in [2.05, 4.69) is 4.98 Å². The van der Waals surface area contributed by atoms with Crippen LogP contribution in [0.2, 0.25) is 0 Å². The van der Waals surface area contributed by atoms with Crippen molar-refractivity contribution in [3.8, 4) is 0 Å². The number of alkyl halides is 3. The summed E-state index contributed by atoms with van der Waals surface area (Å²) < 4.78 is 35.8. The molecule has 0 aromatic carbocycles. The van der Waals surface area contributed by atoms with Crippen LogP contribution in [0.3, 0.4) is 0 Å². The maximum atomic E-state index is 11.9. The second-order valence-corrected chi connectivity index (χ2v) is 4.44. The molecule has 0 radical (unpaired) electrons. The molecule has 0 aliphatic heterocycles. The van der Waals surface area contributed by atoms with Crippen molar-refractivity contribution in [2.75, 3.05) is 0 Å². The SMILES string of the molecule is O=C(Cc1csc(C2CC2)n1)C(F)(F)F. The zero-order valence-corrected chi connectivity index (χ0v) is 8.49. The van der Waals surface area contributed by atoms with Crippen molar-refractivity contribution in [1.29, 1.82) is 0 Å². The highest BCUT2D eigenvalue weighted by molar-refractivity contribution is 7.09. The van der Waals surface area contributed by atoms with Gasteiger partial charge in [0, 0.05) is 11.3 Å². The molecule has 1 aliphatic rings. The Labute approximate surface area is 88.1 Å². The van der Waals surface area contributed by atoms with E-state index in [1.54, 1.807) is 0 Å². The zero-order valence-electron chi connectivity index (χ0n) is 7.67. The van der Waals surface area contributed by atoms with Gasteiger partial charge in [0.25, 0.3) is 0 Å². The molecule has 0 saturated heterocycles. The third-order valence-electron chi connectivity index (χ3n) is 2.15. The van der Waals surface area contributed by atoms with Gasteiger partial charge in [-0.1, -0.05) is 0 Å². The molecule has 0 unspecified atom stereocenters. The summed E-state index contributed by atoms with van der Waals surface area (Å²) >= 11 is 1.34. The van der Waals surface area contributed by atoms with Crippen LogP contribution < -0.4 is 0 Å². The summed E-state index contributed by atoms with van der Waals surface area (Å²) in [5, 5.41) is 2.40. The van der Waals surface area contributed by atoms with Crippen molar-refractivity contribution >= 4 is 17.1 Å². The number of nitrogens with zero attached hydrogens (tertiary/aromatic N) is 1. The van der Waals surface area contributed by atoms with Crippen molar-refractivity contribution in [1.82, 2.24) is 4.98 Å². The Morgan fingerprint density at radius 3 is 2.73 bits per heavy atom. The van der Waals surface area contributed by atoms with Crippen LogP contribution in [-0.4, -0.2) is 16.9 Å². The first-order valence-corrected chi connectivity index (χ1v) is 5.39. The molecule has 1 fully saturated rings. The van der Waals surface area contributed by atoms with Gasteiger partial charge in [-0.05, 0) is 12.8 Å². The smallest absolute Gasteiger partial charge is 0.289 e. The van der Waals surface area contributed by atoms with E-state index in [0.717, 1.165) is 17.8 Å². The van der Waals surface area contributed by atoms with E-state index < -0.39 is 18.4 Å². The highest BCUT2D eigenvalue weighted by Crippen LogP contribution is 2.41. The third kappa shape index (κ3) is 2.56. The number of carbonyl (C=O) groups is 1. The molecule has 1 aromatic rings. The van der Waals surface area contributed by atoms with Crippen molar-refractivity contribution in [3.63, 3.8) is 0 Å². The lowest BCUT2D eigenvalue weighted by Crippen LogP contribution is -2.24. The zero-order chi connectivity index (χ0) is 11.1. The second kappa shape index (κ2) is 3.59. The molecular weight excluding hydrogens is 227 g/mol. The van der Waals surface area contributed by atoms with E-state index in [4.69, 9.17) is 0 Å². The van der Waals surface area contributed by atoms with Crippen LogP contribution in [0.5, 0.6) is 0 Å². The third-order valence-corrected chi connectivity index (χ3v) is 3.21. The Kier molecular flexibility index (Phi) is 2.54. The van der Waals surface area contributed by atoms with Gasteiger partial charge in [-0.25, -0.2) is 4.98 Å². The number of rotatable bonds is 3. The minimum absolute atomic E-state index is 0.240. The number of halogens is 3. The van der Waals surface area contributed by atoms with Crippen molar-refractivity contribution in [3.05, 3.63) is 16.1 Å². The molecule has 0 amide bonds. The molecule has 0 atom stereocenters. The molecule has 2 rings (SSSR count). The first-order valence-electron chi connectivity index (χ1n) is 4.51. The standard InChI is InChI=1S/C9H8F3NOS/c10-9(11,12)7(14)3-6-4-15-8(13-6)5-1-2-5/h4-5H,1-3H2. The molecule has 15 heavy (non-hydrogen) atoms. The highest BCUT2D eigenvalue weighted by atomic mass is 32.1. The number of carbonyl (C=O) groups excluding carboxylic acids is 1. The summed E-state index contributed by atoms with van der Waals surface area (Å²) in [6.07, 6.45) is -3.27. The molecule has 6 heteroatoms. The predicted octanol–water partition coefficient (Wildman–Crippen LogP) is 2.69. The molecule has 1 heterocycles. The first kappa shape index (κ1) is 10.6. The van der Waals surface area contributed by atoms with E-state index in [0.29, 0.717) is 5.92 Å². The lowest BCUT2D eigenvalue weighted by atomic mass is 10.2. The molecule has 0 N–H and O–H groups in total. The van der Waals surface area contributed by atoms with Crippen LogP contribution in [-0.2, 0) is 11.2 Å². The highest BCUT2D eigenvalue weighted by Gasteiger charge is 2.38. The van der Waals surface area contributed by atoms with E-state index in [-0.39, 0.29) is 5.69 Å². The number of Topliss-reactive ketones (excluding diaryl/α,β-unsaturated/α-hetero) is 1. The van der Waals surface area contributed by atoms with Crippen molar-refractivity contribution in [2.24, 2.45) is 0 Å². The summed E-state index contributed by atoms with van der Waals surface area (Å²) in [5.74, 6) is -1.31. The maximum Gasteiger partial charge on any atom is 0.450 e. The summed E-state index contributed by atoms with van der Waals surface area (Å²) in [4.78, 5) is 14.7. The van der Waals surface area contributed by atoms with Gasteiger partial charge in [0.05, 0.1) is 17.1 Å². The van der Waals surface area contributed by atoms with Gasteiger partial charge in [-0.2, -0.15) is 13.2 Å². The number of hydrogen-bond donors (Lipinski definition) is 0. The quantitative estimate of drug-likeness (QED) is 0.806. The van der Waals surface area contributed by atoms with E-state index in [1.165, 1.54) is 16.7 Å². The fraction of sp³-hybridized carbons (Fsp3) is 0.556. The topological polar surface area (TPSA) is 30.0 Å². The molecule has 1 aliphatic carbocycles. The maximum absolute atomic E-state index is 11.9. The molecular formula is C9H8F3NOS. The predicted molar refractivity (Wildman–Crippen MR) is 48.9 cm³/mol. The number of hydrogen-bond acceptors (Lipinski definition) is 3. The minimum Gasteiger partial charge on any atom is -0.289 e. The summed E-state index contributed by atoms with van der Waals surface area (Å²) in [6, 6.07) is 0. The Balaban J connectivity index is 2.01. The van der Waals surface area contributed by atoms with Gasteiger partial charge in [0.2, 0.25) is 5.78 Å².